The molecule has 2 aliphatic rings. The number of rotatable bonds is 1. The quantitative estimate of drug-likeness (QED) is 0.824. The van der Waals surface area contributed by atoms with Crippen LogP contribution in [0.4, 0.5) is 8.78 Å². The topological polar surface area (TPSA) is 40.5 Å². The molecular formula is C16H20F2O2. The number of benzene rings is 1. The lowest BCUT2D eigenvalue weighted by atomic mass is 9.64. The van der Waals surface area contributed by atoms with Gasteiger partial charge in [0.2, 0.25) is 0 Å². The third kappa shape index (κ3) is 2.01. The van der Waals surface area contributed by atoms with Crippen LogP contribution < -0.4 is 0 Å². The van der Waals surface area contributed by atoms with Gasteiger partial charge in [-0.25, -0.2) is 8.78 Å². The second-order valence-electron chi connectivity index (χ2n) is 6.60. The summed E-state index contributed by atoms with van der Waals surface area (Å²) < 4.78 is 26.9. The molecule has 0 aliphatic heterocycles. The van der Waals surface area contributed by atoms with E-state index in [2.05, 4.69) is 6.92 Å². The molecule has 0 heterocycles. The first-order valence-electron chi connectivity index (χ1n) is 7.28. The van der Waals surface area contributed by atoms with Gasteiger partial charge in [-0.2, -0.15) is 0 Å². The molecule has 0 amide bonds. The number of aliphatic hydroxyl groups excluding tert-OH is 1. The molecule has 0 spiro atoms. The average molecular weight is 282 g/mol. The van der Waals surface area contributed by atoms with E-state index >= 15 is 0 Å². The maximum Gasteiger partial charge on any atom is 0.187 e. The van der Waals surface area contributed by atoms with Crippen molar-refractivity contribution in [2.75, 3.05) is 0 Å². The molecule has 2 saturated carbocycles. The standard InChI is InChI=1S/C16H20F2O2/c1-16-5-4-9(6-11(16)2-3-14(16)19)10-7-12(17)15(20)13(18)8-10/h7-9,11,14,19-20H,2-6H2,1H3/t9-,11-,14-,16-/m0/s1. The zero-order valence-electron chi connectivity index (χ0n) is 11.6. The minimum atomic E-state index is -0.898. The van der Waals surface area contributed by atoms with Gasteiger partial charge in [0.15, 0.2) is 17.4 Å². The van der Waals surface area contributed by atoms with Gasteiger partial charge < -0.3 is 10.2 Å². The highest BCUT2D eigenvalue weighted by Crippen LogP contribution is 2.55. The van der Waals surface area contributed by atoms with Gasteiger partial charge >= 0.3 is 0 Å². The number of fused-ring (bicyclic) bond motifs is 1. The third-order valence-electron chi connectivity index (χ3n) is 5.59. The van der Waals surface area contributed by atoms with Crippen LogP contribution in [-0.4, -0.2) is 16.3 Å². The van der Waals surface area contributed by atoms with E-state index in [0.29, 0.717) is 11.5 Å². The van der Waals surface area contributed by atoms with E-state index in [1.54, 1.807) is 0 Å². The van der Waals surface area contributed by atoms with Crippen molar-refractivity contribution in [3.63, 3.8) is 0 Å². The Bertz CT molecular complexity index is 508. The lowest BCUT2D eigenvalue weighted by molar-refractivity contribution is 0.00866. The molecule has 110 valence electrons. The Hall–Kier alpha value is -1.16. The molecule has 0 unspecified atom stereocenters. The van der Waals surface area contributed by atoms with E-state index in [1.807, 2.05) is 0 Å². The Morgan fingerprint density at radius 1 is 1.15 bits per heavy atom. The molecule has 1 aromatic rings. The monoisotopic (exact) mass is 282 g/mol. The predicted molar refractivity (Wildman–Crippen MR) is 71.5 cm³/mol. The maximum absolute atomic E-state index is 13.5. The number of hydrogen-bond acceptors (Lipinski definition) is 2. The fraction of sp³-hybridized carbons (Fsp3) is 0.625. The van der Waals surface area contributed by atoms with E-state index in [4.69, 9.17) is 0 Å². The van der Waals surface area contributed by atoms with Crippen molar-refractivity contribution < 1.29 is 19.0 Å². The highest BCUT2D eigenvalue weighted by Gasteiger charge is 2.49. The van der Waals surface area contributed by atoms with Crippen LogP contribution >= 0.6 is 0 Å². The van der Waals surface area contributed by atoms with Crippen LogP contribution in [0.2, 0.25) is 0 Å². The molecule has 20 heavy (non-hydrogen) atoms. The van der Waals surface area contributed by atoms with Gasteiger partial charge in [-0.15, -0.1) is 0 Å². The second kappa shape index (κ2) is 4.69. The summed E-state index contributed by atoms with van der Waals surface area (Å²) in [6, 6.07) is 2.49. The molecule has 0 saturated heterocycles. The number of hydrogen-bond donors (Lipinski definition) is 2. The largest absolute Gasteiger partial charge is 0.503 e. The highest BCUT2D eigenvalue weighted by atomic mass is 19.1. The third-order valence-corrected chi connectivity index (χ3v) is 5.59. The van der Waals surface area contributed by atoms with Crippen LogP contribution in [-0.2, 0) is 0 Å². The SMILES string of the molecule is C[C@]12CC[C@H](c3cc(F)c(O)c(F)c3)C[C@@H]1CC[C@@H]2O. The summed E-state index contributed by atoms with van der Waals surface area (Å²) in [4.78, 5) is 0. The minimum Gasteiger partial charge on any atom is -0.503 e. The summed E-state index contributed by atoms with van der Waals surface area (Å²) in [7, 11) is 0. The molecule has 3 rings (SSSR count). The van der Waals surface area contributed by atoms with E-state index < -0.39 is 17.4 Å². The van der Waals surface area contributed by atoms with Crippen LogP contribution in [0.3, 0.4) is 0 Å². The Kier molecular flexibility index (Phi) is 3.24. The maximum atomic E-state index is 13.5. The van der Waals surface area contributed by atoms with Gasteiger partial charge in [-0.3, -0.25) is 0 Å². The molecule has 2 N–H and O–H groups in total. The fourth-order valence-electron chi connectivity index (χ4n) is 4.12. The number of halogens is 2. The van der Waals surface area contributed by atoms with Gasteiger partial charge in [0.05, 0.1) is 6.10 Å². The van der Waals surface area contributed by atoms with Crippen molar-refractivity contribution in [1.82, 2.24) is 0 Å². The lowest BCUT2D eigenvalue weighted by Gasteiger charge is -2.42. The minimum absolute atomic E-state index is 0.0372. The Balaban J connectivity index is 1.84. The normalized spacial score (nSPS) is 36.9. The van der Waals surface area contributed by atoms with Crippen molar-refractivity contribution in [2.24, 2.45) is 11.3 Å². The van der Waals surface area contributed by atoms with Gasteiger partial charge in [-0.05, 0) is 67.1 Å². The zero-order chi connectivity index (χ0) is 14.5. The van der Waals surface area contributed by atoms with E-state index in [1.165, 1.54) is 12.1 Å². The summed E-state index contributed by atoms with van der Waals surface area (Å²) in [6.07, 6.45) is 4.13. The smallest absolute Gasteiger partial charge is 0.187 e. The highest BCUT2D eigenvalue weighted by molar-refractivity contribution is 5.32. The van der Waals surface area contributed by atoms with Crippen molar-refractivity contribution in [3.05, 3.63) is 29.3 Å². The van der Waals surface area contributed by atoms with Crippen LogP contribution in [0.25, 0.3) is 0 Å². The van der Waals surface area contributed by atoms with Crippen LogP contribution in [0.15, 0.2) is 12.1 Å². The molecule has 4 atom stereocenters. The molecule has 1 aromatic carbocycles. The summed E-state index contributed by atoms with van der Waals surface area (Å²) >= 11 is 0. The van der Waals surface area contributed by atoms with E-state index in [-0.39, 0.29) is 17.4 Å². The molecule has 2 aliphatic carbocycles. The summed E-state index contributed by atoms with van der Waals surface area (Å²) in [5.41, 5.74) is 0.589. The van der Waals surface area contributed by atoms with Crippen LogP contribution in [0.1, 0.15) is 50.5 Å². The molecule has 2 nitrogen and oxygen atoms in total. The molecule has 0 radical (unpaired) electrons. The molecule has 4 heteroatoms. The zero-order valence-corrected chi connectivity index (χ0v) is 11.6. The molecule has 0 bridgehead atoms. The first kappa shape index (κ1) is 13.8. The second-order valence-corrected chi connectivity index (χ2v) is 6.60. The molecule has 0 aromatic heterocycles. The van der Waals surface area contributed by atoms with Crippen molar-refractivity contribution in [1.29, 1.82) is 0 Å². The Morgan fingerprint density at radius 3 is 2.45 bits per heavy atom. The van der Waals surface area contributed by atoms with Crippen molar-refractivity contribution >= 4 is 0 Å². The Labute approximate surface area is 117 Å². The van der Waals surface area contributed by atoms with Crippen molar-refractivity contribution in [3.8, 4) is 5.75 Å². The average Bonchev–Trinajstić information content (AvgIpc) is 2.71. The van der Waals surface area contributed by atoms with Crippen molar-refractivity contribution in [2.45, 2.75) is 51.0 Å². The number of phenolic OH excluding ortho intramolecular Hbond substituents is 1. The Morgan fingerprint density at radius 2 is 1.80 bits per heavy atom. The summed E-state index contributed by atoms with van der Waals surface area (Å²) in [5, 5.41) is 19.3. The van der Waals surface area contributed by atoms with Crippen LogP contribution in [0.5, 0.6) is 5.75 Å². The first-order valence-corrected chi connectivity index (χ1v) is 7.28. The predicted octanol–water partition coefficient (Wildman–Crippen LogP) is 3.72. The fourth-order valence-corrected chi connectivity index (χ4v) is 4.12. The number of aromatic hydroxyl groups is 1. The molecule has 2 fully saturated rings. The summed E-state index contributed by atoms with van der Waals surface area (Å²) in [5.74, 6) is -2.15. The number of aliphatic hydroxyl groups is 1. The van der Waals surface area contributed by atoms with Gasteiger partial charge in [-0.1, -0.05) is 6.92 Å². The van der Waals surface area contributed by atoms with Crippen LogP contribution in [0, 0.1) is 23.0 Å². The van der Waals surface area contributed by atoms with Gasteiger partial charge in [0.25, 0.3) is 0 Å². The van der Waals surface area contributed by atoms with Gasteiger partial charge in [0, 0.05) is 0 Å². The van der Waals surface area contributed by atoms with Gasteiger partial charge in [0.1, 0.15) is 0 Å². The first-order chi connectivity index (χ1) is 9.41. The molecular weight excluding hydrogens is 262 g/mol. The van der Waals surface area contributed by atoms with E-state index in [9.17, 15) is 19.0 Å². The van der Waals surface area contributed by atoms with E-state index in [0.717, 1.165) is 32.1 Å². The number of phenols is 1. The lowest BCUT2D eigenvalue weighted by Crippen LogP contribution is -2.37. The summed E-state index contributed by atoms with van der Waals surface area (Å²) in [6.45, 7) is 2.13.